The third-order valence-electron chi connectivity index (χ3n) is 5.33. The Morgan fingerprint density at radius 3 is 2.72 bits per heavy atom. The molecule has 154 valence electrons. The second kappa shape index (κ2) is 8.21. The number of anilines is 1. The van der Waals surface area contributed by atoms with Crippen molar-refractivity contribution in [1.29, 1.82) is 0 Å². The largest absolute Gasteiger partial charge is 0.497 e. The molecule has 1 saturated heterocycles. The summed E-state index contributed by atoms with van der Waals surface area (Å²) in [5.41, 5.74) is 4.74. The van der Waals surface area contributed by atoms with Gasteiger partial charge in [0.1, 0.15) is 17.2 Å². The predicted molar refractivity (Wildman–Crippen MR) is 112 cm³/mol. The molecular weight excluding hydrogens is 370 g/mol. The van der Waals surface area contributed by atoms with Gasteiger partial charge in [-0.2, -0.15) is 0 Å². The lowest BCUT2D eigenvalue weighted by Gasteiger charge is -2.15. The number of nitrogens with one attached hydrogen (secondary N) is 1. The lowest BCUT2D eigenvalue weighted by atomic mass is 10.0. The molecule has 0 aliphatic carbocycles. The first-order chi connectivity index (χ1) is 14.2. The molecule has 1 N–H and O–H groups in total. The van der Waals surface area contributed by atoms with Gasteiger partial charge < -0.3 is 24.3 Å². The maximum Gasteiger partial charge on any atom is 0.257 e. The van der Waals surface area contributed by atoms with Gasteiger partial charge in [-0.25, -0.2) is 4.52 Å². The van der Waals surface area contributed by atoms with Crippen molar-refractivity contribution in [2.75, 3.05) is 39.8 Å². The maximum absolute atomic E-state index is 5.74. The van der Waals surface area contributed by atoms with Crippen LogP contribution in [0.1, 0.15) is 18.4 Å². The van der Waals surface area contributed by atoms with Crippen LogP contribution in [0.4, 0.5) is 5.69 Å². The molecule has 29 heavy (non-hydrogen) atoms. The lowest BCUT2D eigenvalue weighted by Crippen LogP contribution is -2.18. The number of rotatable bonds is 7. The van der Waals surface area contributed by atoms with E-state index in [9.17, 15) is 0 Å². The van der Waals surface area contributed by atoms with Crippen molar-refractivity contribution < 1.29 is 18.9 Å². The maximum atomic E-state index is 5.74. The summed E-state index contributed by atoms with van der Waals surface area (Å²) in [5.74, 6) is 2.05. The number of aromatic nitrogens is 2. The summed E-state index contributed by atoms with van der Waals surface area (Å²) in [5, 5.41) is 8.20. The van der Waals surface area contributed by atoms with Crippen LogP contribution < -0.4 is 19.5 Å². The molecule has 0 bridgehead atoms. The molecule has 7 nitrogen and oxygen atoms in total. The van der Waals surface area contributed by atoms with Gasteiger partial charge in [-0.05, 0) is 43.5 Å². The van der Waals surface area contributed by atoms with Crippen molar-refractivity contribution in [3.8, 4) is 28.6 Å². The molecule has 0 radical (unpaired) electrons. The van der Waals surface area contributed by atoms with Crippen molar-refractivity contribution in [3.05, 3.63) is 35.9 Å². The van der Waals surface area contributed by atoms with Crippen LogP contribution in [0.3, 0.4) is 0 Å². The quantitative estimate of drug-likeness (QED) is 0.652. The summed E-state index contributed by atoms with van der Waals surface area (Å²) in [6, 6.07) is 9.96. The summed E-state index contributed by atoms with van der Waals surface area (Å²) in [4.78, 5) is 0. The van der Waals surface area contributed by atoms with Crippen LogP contribution in [-0.4, -0.2) is 50.2 Å². The molecule has 1 aliphatic rings. The summed E-state index contributed by atoms with van der Waals surface area (Å²) >= 11 is 0. The number of nitrogens with zero attached hydrogens (tertiary/aromatic N) is 2. The summed E-state index contributed by atoms with van der Waals surface area (Å²) < 4.78 is 24.3. The zero-order valence-corrected chi connectivity index (χ0v) is 17.3. The SMILES string of the molecule is COc1cc(C)c(-c2cccc3c(NCC4CCCO4)c(OC)nn23)c(OC)c1. The Kier molecular flexibility index (Phi) is 5.49. The van der Waals surface area contributed by atoms with E-state index in [4.69, 9.17) is 24.0 Å². The molecule has 0 saturated carbocycles. The zero-order valence-electron chi connectivity index (χ0n) is 17.3. The van der Waals surface area contributed by atoms with E-state index in [1.807, 2.05) is 41.8 Å². The van der Waals surface area contributed by atoms with E-state index >= 15 is 0 Å². The van der Waals surface area contributed by atoms with Crippen molar-refractivity contribution in [2.24, 2.45) is 0 Å². The van der Waals surface area contributed by atoms with Crippen molar-refractivity contribution >= 4 is 11.2 Å². The monoisotopic (exact) mass is 397 g/mol. The van der Waals surface area contributed by atoms with E-state index in [2.05, 4.69) is 5.32 Å². The van der Waals surface area contributed by atoms with E-state index in [1.54, 1.807) is 21.3 Å². The molecule has 3 heterocycles. The Balaban J connectivity index is 1.81. The molecule has 1 atom stereocenters. The van der Waals surface area contributed by atoms with Crippen LogP contribution in [0.2, 0.25) is 0 Å². The van der Waals surface area contributed by atoms with Crippen LogP contribution in [0.15, 0.2) is 30.3 Å². The van der Waals surface area contributed by atoms with Crippen LogP contribution in [0.25, 0.3) is 16.8 Å². The molecule has 7 heteroatoms. The molecule has 2 aromatic heterocycles. The third-order valence-corrected chi connectivity index (χ3v) is 5.33. The Bertz CT molecular complexity index is 1010. The molecule has 0 spiro atoms. The fourth-order valence-corrected chi connectivity index (χ4v) is 3.90. The topological polar surface area (TPSA) is 66.2 Å². The van der Waals surface area contributed by atoms with E-state index in [1.165, 1.54) is 0 Å². The molecule has 3 aromatic rings. The Morgan fingerprint density at radius 1 is 1.17 bits per heavy atom. The van der Waals surface area contributed by atoms with E-state index in [-0.39, 0.29) is 6.10 Å². The molecule has 1 unspecified atom stereocenters. The Labute approximate surface area is 170 Å². The van der Waals surface area contributed by atoms with E-state index in [0.717, 1.165) is 65.5 Å². The highest BCUT2D eigenvalue weighted by molar-refractivity contribution is 5.82. The summed E-state index contributed by atoms with van der Waals surface area (Å²) in [6.45, 7) is 3.60. The number of ether oxygens (including phenoxy) is 4. The predicted octanol–water partition coefficient (Wildman–Crippen LogP) is 3.93. The molecular formula is C22H27N3O4. The molecule has 1 fully saturated rings. The highest BCUT2D eigenvalue weighted by atomic mass is 16.5. The molecule has 0 amide bonds. The van der Waals surface area contributed by atoms with Gasteiger partial charge in [0.15, 0.2) is 0 Å². The van der Waals surface area contributed by atoms with Gasteiger partial charge in [0.25, 0.3) is 5.88 Å². The minimum Gasteiger partial charge on any atom is -0.497 e. The van der Waals surface area contributed by atoms with E-state index in [0.29, 0.717) is 5.88 Å². The van der Waals surface area contributed by atoms with Crippen LogP contribution in [0, 0.1) is 6.92 Å². The number of pyridine rings is 1. The highest BCUT2D eigenvalue weighted by Crippen LogP contribution is 2.39. The standard InChI is InChI=1S/C22H27N3O4/c1-14-11-16(26-2)12-19(27-3)20(14)17-8-5-9-18-21(22(28-4)24-25(17)18)23-13-15-7-6-10-29-15/h5,8-9,11-12,15,23H,6-7,10,13H2,1-4H3. The Hall–Kier alpha value is -2.93. The van der Waals surface area contributed by atoms with E-state index < -0.39 is 0 Å². The average Bonchev–Trinajstić information content (AvgIpc) is 3.38. The van der Waals surface area contributed by atoms with Gasteiger partial charge in [0.2, 0.25) is 0 Å². The average molecular weight is 397 g/mol. The first kappa shape index (κ1) is 19.4. The molecule has 4 rings (SSSR count). The number of hydrogen-bond acceptors (Lipinski definition) is 6. The fourth-order valence-electron chi connectivity index (χ4n) is 3.90. The molecule has 1 aromatic carbocycles. The zero-order chi connectivity index (χ0) is 20.4. The summed E-state index contributed by atoms with van der Waals surface area (Å²) in [7, 11) is 4.95. The van der Waals surface area contributed by atoms with Gasteiger partial charge in [0.05, 0.1) is 38.6 Å². The normalized spacial score (nSPS) is 16.2. The number of hydrogen-bond donors (Lipinski definition) is 1. The lowest BCUT2D eigenvalue weighted by molar-refractivity contribution is 0.120. The fraction of sp³-hybridized carbons (Fsp3) is 0.409. The number of methoxy groups -OCH3 is 3. The highest BCUT2D eigenvalue weighted by Gasteiger charge is 2.21. The second-order valence-corrected chi connectivity index (χ2v) is 7.13. The van der Waals surface area contributed by atoms with Gasteiger partial charge >= 0.3 is 0 Å². The third kappa shape index (κ3) is 3.58. The molecule has 1 aliphatic heterocycles. The number of fused-ring (bicyclic) bond motifs is 1. The number of aryl methyl sites for hydroxylation is 1. The van der Waals surface area contributed by atoms with Crippen molar-refractivity contribution in [2.45, 2.75) is 25.9 Å². The summed E-state index contributed by atoms with van der Waals surface area (Å²) in [6.07, 6.45) is 2.41. The van der Waals surface area contributed by atoms with Gasteiger partial charge in [0, 0.05) is 24.8 Å². The Morgan fingerprint density at radius 2 is 2.03 bits per heavy atom. The van der Waals surface area contributed by atoms with Gasteiger partial charge in [-0.3, -0.25) is 0 Å². The number of benzene rings is 1. The van der Waals surface area contributed by atoms with Crippen LogP contribution in [0.5, 0.6) is 17.4 Å². The van der Waals surface area contributed by atoms with Crippen molar-refractivity contribution in [1.82, 2.24) is 9.61 Å². The van der Waals surface area contributed by atoms with Gasteiger partial charge in [-0.1, -0.05) is 6.07 Å². The van der Waals surface area contributed by atoms with Gasteiger partial charge in [-0.15, -0.1) is 5.10 Å². The van der Waals surface area contributed by atoms with Crippen LogP contribution >= 0.6 is 0 Å². The first-order valence-corrected chi connectivity index (χ1v) is 9.80. The minimum atomic E-state index is 0.224. The van der Waals surface area contributed by atoms with Crippen LogP contribution in [-0.2, 0) is 4.74 Å². The first-order valence-electron chi connectivity index (χ1n) is 9.80. The smallest absolute Gasteiger partial charge is 0.257 e. The minimum absolute atomic E-state index is 0.224. The second-order valence-electron chi connectivity index (χ2n) is 7.13. The van der Waals surface area contributed by atoms with Crippen molar-refractivity contribution in [3.63, 3.8) is 0 Å².